The van der Waals surface area contributed by atoms with Gasteiger partial charge in [0.05, 0.1) is 0 Å². The lowest BCUT2D eigenvalue weighted by Crippen LogP contribution is -2.30. The van der Waals surface area contributed by atoms with Crippen molar-refractivity contribution in [2.75, 3.05) is 13.2 Å². The van der Waals surface area contributed by atoms with Crippen molar-refractivity contribution in [3.8, 4) is 0 Å². The summed E-state index contributed by atoms with van der Waals surface area (Å²) in [7, 11) is 0. The van der Waals surface area contributed by atoms with Crippen LogP contribution >= 0.6 is 0 Å². The summed E-state index contributed by atoms with van der Waals surface area (Å²) in [5, 5.41) is 0. The molecule has 0 radical (unpaired) electrons. The maximum Gasteiger partial charge on any atom is 0.306 e. The minimum absolute atomic E-state index is 0.0729. The summed E-state index contributed by atoms with van der Waals surface area (Å²) in [6.45, 7) is 6.63. The van der Waals surface area contributed by atoms with Gasteiger partial charge in [-0.15, -0.1) is 0 Å². The van der Waals surface area contributed by atoms with Crippen LogP contribution in [0.1, 0.15) is 303 Å². The standard InChI is InChI=1S/C59H108O6/c1-4-7-10-13-16-19-22-25-27-29-31-34-37-40-43-46-49-52-58(61)64-55-56(54-63-57(60)51-48-45-42-39-36-33-24-21-18-15-12-9-6-3)65-59(62)53-50-47-44-41-38-35-32-30-28-26-23-20-17-14-11-8-5-2/h16,19,25-28,56H,4-15,17-18,20-24,29-55H2,1-3H3/b19-16-,27-25-,28-26-. The fraction of sp³-hybridized carbons (Fsp3) is 0.847. The zero-order chi connectivity index (χ0) is 47.2. The van der Waals surface area contributed by atoms with Crippen LogP contribution in [-0.4, -0.2) is 37.2 Å². The van der Waals surface area contributed by atoms with Crippen LogP contribution in [0, 0.1) is 0 Å². The number of hydrogen-bond acceptors (Lipinski definition) is 6. The largest absolute Gasteiger partial charge is 0.462 e. The highest BCUT2D eigenvalue weighted by Gasteiger charge is 2.19. The quantitative estimate of drug-likeness (QED) is 0.0262. The molecule has 0 saturated heterocycles. The molecule has 1 atom stereocenters. The van der Waals surface area contributed by atoms with Crippen LogP contribution in [-0.2, 0) is 28.6 Å². The van der Waals surface area contributed by atoms with Gasteiger partial charge < -0.3 is 14.2 Å². The molecule has 0 spiro atoms. The van der Waals surface area contributed by atoms with Crippen molar-refractivity contribution >= 4 is 17.9 Å². The molecule has 0 aliphatic rings. The topological polar surface area (TPSA) is 78.9 Å². The number of allylic oxidation sites excluding steroid dienone is 6. The SMILES string of the molecule is CCCCC/C=C\C/C=C\CCCCCCCCCC(=O)OCC(COC(=O)CCCCCCCCCCCCCCC)OC(=O)CCCCCCCCC/C=C\CCCCCCCC. The van der Waals surface area contributed by atoms with Gasteiger partial charge in [-0.2, -0.15) is 0 Å². The molecule has 0 heterocycles. The lowest BCUT2D eigenvalue weighted by Gasteiger charge is -2.18. The highest BCUT2D eigenvalue weighted by atomic mass is 16.6. The van der Waals surface area contributed by atoms with E-state index < -0.39 is 6.10 Å². The van der Waals surface area contributed by atoms with Crippen LogP contribution in [0.2, 0.25) is 0 Å². The summed E-state index contributed by atoms with van der Waals surface area (Å²) in [5.41, 5.74) is 0. The predicted molar refractivity (Wildman–Crippen MR) is 279 cm³/mol. The number of ether oxygens (including phenoxy) is 3. The molecule has 0 aromatic rings. The highest BCUT2D eigenvalue weighted by molar-refractivity contribution is 5.71. The molecule has 0 amide bonds. The van der Waals surface area contributed by atoms with E-state index in [-0.39, 0.29) is 31.1 Å². The van der Waals surface area contributed by atoms with Gasteiger partial charge >= 0.3 is 17.9 Å². The average Bonchev–Trinajstić information content (AvgIpc) is 3.30. The Morgan fingerprint density at radius 3 is 0.892 bits per heavy atom. The fourth-order valence-electron chi connectivity index (χ4n) is 8.29. The van der Waals surface area contributed by atoms with E-state index in [9.17, 15) is 14.4 Å². The molecule has 0 aromatic carbocycles. The first-order valence-electron chi connectivity index (χ1n) is 28.5. The molecular weight excluding hydrogens is 805 g/mol. The van der Waals surface area contributed by atoms with E-state index in [1.54, 1.807) is 0 Å². The van der Waals surface area contributed by atoms with Crippen molar-refractivity contribution in [1.29, 1.82) is 0 Å². The summed E-state index contributed by atoms with van der Waals surface area (Å²) in [4.78, 5) is 38.1. The third-order valence-electron chi connectivity index (χ3n) is 12.6. The predicted octanol–water partition coefficient (Wildman–Crippen LogP) is 18.9. The van der Waals surface area contributed by atoms with Crippen LogP contribution in [0.3, 0.4) is 0 Å². The van der Waals surface area contributed by atoms with E-state index in [1.165, 1.54) is 193 Å². The fourth-order valence-corrected chi connectivity index (χ4v) is 8.29. The van der Waals surface area contributed by atoms with Gasteiger partial charge in [-0.25, -0.2) is 0 Å². The molecule has 6 nitrogen and oxygen atoms in total. The molecule has 0 N–H and O–H groups in total. The van der Waals surface area contributed by atoms with Crippen molar-refractivity contribution in [2.45, 2.75) is 309 Å². The normalized spacial score (nSPS) is 12.2. The molecule has 0 fully saturated rings. The van der Waals surface area contributed by atoms with E-state index in [1.807, 2.05) is 0 Å². The minimum atomic E-state index is -0.774. The highest BCUT2D eigenvalue weighted by Crippen LogP contribution is 2.16. The molecule has 0 rings (SSSR count). The zero-order valence-electron chi connectivity index (χ0n) is 43.5. The molecule has 0 bridgehead atoms. The van der Waals surface area contributed by atoms with E-state index >= 15 is 0 Å². The lowest BCUT2D eigenvalue weighted by atomic mass is 10.0. The van der Waals surface area contributed by atoms with Crippen molar-refractivity contribution in [3.63, 3.8) is 0 Å². The number of esters is 3. The van der Waals surface area contributed by atoms with Gasteiger partial charge in [0, 0.05) is 19.3 Å². The first-order chi connectivity index (χ1) is 32.0. The second-order valence-electron chi connectivity index (χ2n) is 19.2. The lowest BCUT2D eigenvalue weighted by molar-refractivity contribution is -0.167. The van der Waals surface area contributed by atoms with Crippen molar-refractivity contribution in [3.05, 3.63) is 36.5 Å². The maximum atomic E-state index is 12.8. The van der Waals surface area contributed by atoms with Crippen LogP contribution in [0.5, 0.6) is 0 Å². The number of hydrogen-bond donors (Lipinski definition) is 0. The molecule has 0 saturated carbocycles. The molecule has 0 aliphatic heterocycles. The molecule has 1 unspecified atom stereocenters. The van der Waals surface area contributed by atoms with Gasteiger partial charge in [-0.3, -0.25) is 14.4 Å². The van der Waals surface area contributed by atoms with Crippen LogP contribution in [0.25, 0.3) is 0 Å². The Morgan fingerprint density at radius 1 is 0.308 bits per heavy atom. The average molecular weight is 914 g/mol. The first-order valence-corrected chi connectivity index (χ1v) is 28.5. The van der Waals surface area contributed by atoms with E-state index in [0.29, 0.717) is 19.3 Å². The van der Waals surface area contributed by atoms with Crippen LogP contribution in [0.4, 0.5) is 0 Å². The van der Waals surface area contributed by atoms with E-state index in [2.05, 4.69) is 57.2 Å². The summed E-state index contributed by atoms with van der Waals surface area (Å²) < 4.78 is 16.9. The summed E-state index contributed by atoms with van der Waals surface area (Å²) >= 11 is 0. The number of carbonyl (C=O) groups is 3. The third kappa shape index (κ3) is 52.5. The third-order valence-corrected chi connectivity index (χ3v) is 12.6. The second-order valence-corrected chi connectivity index (χ2v) is 19.2. The van der Waals surface area contributed by atoms with Gasteiger partial charge in [0.25, 0.3) is 0 Å². The molecule has 65 heavy (non-hydrogen) atoms. The molecule has 6 heteroatoms. The van der Waals surface area contributed by atoms with Gasteiger partial charge in [0.2, 0.25) is 0 Å². The summed E-state index contributed by atoms with van der Waals surface area (Å²) in [6, 6.07) is 0. The van der Waals surface area contributed by atoms with E-state index in [4.69, 9.17) is 14.2 Å². The monoisotopic (exact) mass is 913 g/mol. The summed E-state index contributed by atoms with van der Waals surface area (Å²) in [6.07, 6.45) is 64.1. The number of carbonyl (C=O) groups excluding carboxylic acids is 3. The van der Waals surface area contributed by atoms with Gasteiger partial charge in [0.15, 0.2) is 6.10 Å². The molecule has 380 valence electrons. The molecular formula is C59H108O6. The van der Waals surface area contributed by atoms with E-state index in [0.717, 1.165) is 70.6 Å². The smallest absolute Gasteiger partial charge is 0.306 e. The van der Waals surface area contributed by atoms with Crippen molar-refractivity contribution in [1.82, 2.24) is 0 Å². The van der Waals surface area contributed by atoms with Gasteiger partial charge in [-0.1, -0.05) is 243 Å². The Bertz CT molecular complexity index is 1090. The van der Waals surface area contributed by atoms with Crippen molar-refractivity contribution < 1.29 is 28.6 Å². The molecule has 0 aliphatic carbocycles. The Balaban J connectivity index is 4.36. The van der Waals surface area contributed by atoms with Gasteiger partial charge in [0.1, 0.15) is 13.2 Å². The Hall–Kier alpha value is -2.37. The van der Waals surface area contributed by atoms with Gasteiger partial charge in [-0.05, 0) is 77.0 Å². The molecule has 0 aromatic heterocycles. The second kappa shape index (κ2) is 54.2. The number of rotatable bonds is 52. The van der Waals surface area contributed by atoms with Crippen LogP contribution in [0.15, 0.2) is 36.5 Å². The Labute approximate surface area is 404 Å². The zero-order valence-corrected chi connectivity index (χ0v) is 43.5. The maximum absolute atomic E-state index is 12.8. The number of unbranched alkanes of at least 4 members (excludes halogenated alkanes) is 35. The van der Waals surface area contributed by atoms with Crippen LogP contribution < -0.4 is 0 Å². The Morgan fingerprint density at radius 2 is 0.554 bits per heavy atom. The minimum Gasteiger partial charge on any atom is -0.462 e. The first kappa shape index (κ1) is 62.6. The van der Waals surface area contributed by atoms with Crippen molar-refractivity contribution in [2.24, 2.45) is 0 Å². The Kier molecular flexibility index (Phi) is 52.3. The summed E-state index contributed by atoms with van der Waals surface area (Å²) in [5.74, 6) is -0.870.